The summed E-state index contributed by atoms with van der Waals surface area (Å²) in [6.07, 6.45) is 0. The number of aromatic nitrogens is 2. The second-order valence-electron chi connectivity index (χ2n) is 4.10. The number of hydrogen-bond donors (Lipinski definition) is 1. The van der Waals surface area contributed by atoms with Gasteiger partial charge in [-0.25, -0.2) is 4.68 Å². The number of aryl methyl sites for hydroxylation is 2. The van der Waals surface area contributed by atoms with E-state index in [1.165, 1.54) is 6.07 Å². The molecular weight excluding hydrogens is 252 g/mol. The Kier molecular flexibility index (Phi) is 3.50. The summed E-state index contributed by atoms with van der Waals surface area (Å²) in [6, 6.07) is 6.98. The zero-order chi connectivity index (χ0) is 13.3. The summed E-state index contributed by atoms with van der Waals surface area (Å²) in [5.74, 6) is 0. The normalized spacial score (nSPS) is 10.7. The summed E-state index contributed by atoms with van der Waals surface area (Å²) >= 11 is 6.07. The summed E-state index contributed by atoms with van der Waals surface area (Å²) in [7, 11) is 0. The molecule has 0 atom stereocenters. The minimum Gasteiger partial charge on any atom is -0.390 e. The van der Waals surface area contributed by atoms with Crippen LogP contribution in [0.5, 0.6) is 0 Å². The van der Waals surface area contributed by atoms with Crippen molar-refractivity contribution < 1.29 is 5.11 Å². The number of aliphatic hydroxyl groups is 1. The third-order valence-corrected chi connectivity index (χ3v) is 3.14. The average molecular weight is 265 g/mol. The molecule has 5 heteroatoms. The second kappa shape index (κ2) is 4.92. The van der Waals surface area contributed by atoms with Crippen LogP contribution in [0.25, 0.3) is 5.69 Å². The van der Waals surface area contributed by atoms with Gasteiger partial charge in [-0.15, -0.1) is 0 Å². The van der Waals surface area contributed by atoms with E-state index < -0.39 is 0 Å². The number of rotatable bonds is 2. The molecule has 94 valence electrons. The summed E-state index contributed by atoms with van der Waals surface area (Å²) in [4.78, 5) is 11.5. The van der Waals surface area contributed by atoms with Crippen LogP contribution in [0.3, 0.4) is 0 Å². The van der Waals surface area contributed by atoms with Crippen LogP contribution in [0.1, 0.15) is 17.0 Å². The fourth-order valence-electron chi connectivity index (χ4n) is 1.67. The molecule has 18 heavy (non-hydrogen) atoms. The molecule has 2 aromatic rings. The van der Waals surface area contributed by atoms with Gasteiger partial charge in [0.05, 0.1) is 12.3 Å². The zero-order valence-corrected chi connectivity index (χ0v) is 10.9. The molecule has 1 aromatic heterocycles. The van der Waals surface area contributed by atoms with Gasteiger partial charge in [-0.1, -0.05) is 17.7 Å². The Morgan fingerprint density at radius 3 is 2.67 bits per heavy atom. The van der Waals surface area contributed by atoms with Gasteiger partial charge in [-0.2, -0.15) is 5.10 Å². The first-order valence-electron chi connectivity index (χ1n) is 5.50. The standard InChI is InChI=1S/C13H13ClN2O2/c1-8-3-4-10(6-11(8)14)16-9(2)5-13(18)12(7-17)15-16/h3-6,17H,7H2,1-2H3. The van der Waals surface area contributed by atoms with Gasteiger partial charge in [0.1, 0.15) is 5.69 Å². The quantitative estimate of drug-likeness (QED) is 0.903. The van der Waals surface area contributed by atoms with Crippen molar-refractivity contribution in [2.24, 2.45) is 0 Å². The van der Waals surface area contributed by atoms with Crippen molar-refractivity contribution in [3.63, 3.8) is 0 Å². The van der Waals surface area contributed by atoms with E-state index in [9.17, 15) is 4.79 Å². The zero-order valence-electron chi connectivity index (χ0n) is 10.1. The van der Waals surface area contributed by atoms with Gasteiger partial charge >= 0.3 is 0 Å². The maximum absolute atomic E-state index is 11.5. The van der Waals surface area contributed by atoms with Crippen molar-refractivity contribution in [3.8, 4) is 5.69 Å². The van der Waals surface area contributed by atoms with E-state index in [1.54, 1.807) is 17.7 Å². The van der Waals surface area contributed by atoms with Gasteiger partial charge in [-0.05, 0) is 31.5 Å². The van der Waals surface area contributed by atoms with Crippen LogP contribution in [0.4, 0.5) is 0 Å². The van der Waals surface area contributed by atoms with Crippen LogP contribution in [0.2, 0.25) is 5.02 Å². The fourth-order valence-corrected chi connectivity index (χ4v) is 1.84. The van der Waals surface area contributed by atoms with Crippen molar-refractivity contribution in [2.45, 2.75) is 20.5 Å². The average Bonchev–Trinajstić information content (AvgIpc) is 2.33. The highest BCUT2D eigenvalue weighted by Crippen LogP contribution is 2.19. The Balaban J connectivity index is 2.63. The van der Waals surface area contributed by atoms with Gasteiger partial charge in [0.15, 0.2) is 0 Å². The molecule has 0 radical (unpaired) electrons. The Hall–Kier alpha value is -1.65. The minimum atomic E-state index is -0.376. The van der Waals surface area contributed by atoms with Gasteiger partial charge < -0.3 is 5.11 Å². The number of hydrogen-bond acceptors (Lipinski definition) is 3. The lowest BCUT2D eigenvalue weighted by molar-refractivity contribution is 0.273. The third-order valence-electron chi connectivity index (χ3n) is 2.73. The Morgan fingerprint density at radius 1 is 1.33 bits per heavy atom. The maximum atomic E-state index is 11.5. The lowest BCUT2D eigenvalue weighted by Gasteiger charge is -2.11. The second-order valence-corrected chi connectivity index (χ2v) is 4.51. The van der Waals surface area contributed by atoms with Crippen LogP contribution in [0.15, 0.2) is 29.1 Å². The van der Waals surface area contributed by atoms with Crippen LogP contribution in [-0.4, -0.2) is 14.9 Å². The first kappa shape index (κ1) is 12.8. The van der Waals surface area contributed by atoms with Crippen LogP contribution < -0.4 is 5.43 Å². The Morgan fingerprint density at radius 2 is 2.06 bits per heavy atom. The summed E-state index contributed by atoms with van der Waals surface area (Å²) in [6.45, 7) is 3.32. The predicted octanol–water partition coefficient (Wildman–Crippen LogP) is 2.00. The molecule has 0 aliphatic carbocycles. The molecule has 0 spiro atoms. The molecule has 1 heterocycles. The number of aliphatic hydroxyl groups excluding tert-OH is 1. The van der Waals surface area contributed by atoms with Gasteiger partial charge in [-0.3, -0.25) is 4.79 Å². The summed E-state index contributed by atoms with van der Waals surface area (Å²) < 4.78 is 1.60. The minimum absolute atomic E-state index is 0.122. The maximum Gasteiger partial charge on any atom is 0.206 e. The molecule has 0 amide bonds. The van der Waals surface area contributed by atoms with E-state index in [0.717, 1.165) is 11.3 Å². The van der Waals surface area contributed by atoms with E-state index >= 15 is 0 Å². The van der Waals surface area contributed by atoms with Crippen LogP contribution in [0, 0.1) is 13.8 Å². The molecule has 0 saturated heterocycles. The molecule has 0 bridgehead atoms. The van der Waals surface area contributed by atoms with Crippen molar-refractivity contribution in [1.29, 1.82) is 0 Å². The Labute approximate surface area is 109 Å². The first-order valence-corrected chi connectivity index (χ1v) is 5.88. The number of benzene rings is 1. The molecular formula is C13H13ClN2O2. The smallest absolute Gasteiger partial charge is 0.206 e. The van der Waals surface area contributed by atoms with E-state index in [-0.39, 0.29) is 17.7 Å². The summed E-state index contributed by atoms with van der Waals surface area (Å²) in [5.41, 5.74) is 2.29. The van der Waals surface area contributed by atoms with E-state index in [2.05, 4.69) is 5.10 Å². The molecule has 0 unspecified atom stereocenters. The predicted molar refractivity (Wildman–Crippen MR) is 70.2 cm³/mol. The lowest BCUT2D eigenvalue weighted by Crippen LogP contribution is -2.18. The highest BCUT2D eigenvalue weighted by Gasteiger charge is 2.07. The lowest BCUT2D eigenvalue weighted by atomic mass is 10.2. The van der Waals surface area contributed by atoms with E-state index in [0.29, 0.717) is 10.7 Å². The molecule has 0 fully saturated rings. The van der Waals surface area contributed by atoms with Gasteiger partial charge in [0, 0.05) is 16.8 Å². The van der Waals surface area contributed by atoms with E-state index in [4.69, 9.17) is 16.7 Å². The third kappa shape index (κ3) is 2.30. The van der Waals surface area contributed by atoms with Gasteiger partial charge in [0.2, 0.25) is 5.43 Å². The molecule has 1 aromatic carbocycles. The van der Waals surface area contributed by atoms with Crippen molar-refractivity contribution >= 4 is 11.6 Å². The van der Waals surface area contributed by atoms with Crippen molar-refractivity contribution in [2.75, 3.05) is 0 Å². The number of nitrogens with zero attached hydrogens (tertiary/aromatic N) is 2. The fraction of sp³-hybridized carbons (Fsp3) is 0.231. The monoisotopic (exact) mass is 264 g/mol. The molecule has 0 aliphatic heterocycles. The number of halogens is 1. The molecule has 4 nitrogen and oxygen atoms in total. The van der Waals surface area contributed by atoms with Crippen LogP contribution >= 0.6 is 11.6 Å². The summed E-state index contributed by atoms with van der Waals surface area (Å²) in [5, 5.41) is 13.8. The topological polar surface area (TPSA) is 55.1 Å². The molecule has 0 aliphatic rings. The van der Waals surface area contributed by atoms with Crippen molar-refractivity contribution in [3.05, 3.63) is 56.5 Å². The molecule has 0 saturated carbocycles. The molecule has 1 N–H and O–H groups in total. The van der Waals surface area contributed by atoms with Crippen molar-refractivity contribution in [1.82, 2.24) is 9.78 Å². The molecule has 2 rings (SSSR count). The van der Waals surface area contributed by atoms with Crippen LogP contribution in [-0.2, 0) is 6.61 Å². The largest absolute Gasteiger partial charge is 0.390 e. The first-order chi connectivity index (χ1) is 8.52. The highest BCUT2D eigenvalue weighted by molar-refractivity contribution is 6.31. The SMILES string of the molecule is Cc1ccc(-n2nc(CO)c(=O)cc2C)cc1Cl. The Bertz CT molecular complexity index is 650. The van der Waals surface area contributed by atoms with Gasteiger partial charge in [0.25, 0.3) is 0 Å². The van der Waals surface area contributed by atoms with E-state index in [1.807, 2.05) is 19.1 Å². The highest BCUT2D eigenvalue weighted by atomic mass is 35.5.